The van der Waals surface area contributed by atoms with E-state index in [4.69, 9.17) is 40.1 Å². The van der Waals surface area contributed by atoms with Gasteiger partial charge < -0.3 is 4.90 Å². The highest BCUT2D eigenvalue weighted by Gasteiger charge is 2.32. The second-order valence-corrected chi connectivity index (χ2v) is 5.25. The molecular weight excluding hydrogens is 295 g/mol. The van der Waals surface area contributed by atoms with Crippen molar-refractivity contribution in [3.05, 3.63) is 27.7 Å². The molecule has 1 fully saturated rings. The molecule has 1 aliphatic rings. The molecule has 1 atom stereocenters. The second kappa shape index (κ2) is 5.36. The van der Waals surface area contributed by atoms with Crippen LogP contribution < -0.4 is 4.90 Å². The van der Waals surface area contributed by atoms with Gasteiger partial charge in [-0.1, -0.05) is 23.2 Å². The predicted octanol–water partition coefficient (Wildman–Crippen LogP) is 3.46. The number of hydrogen-bond donors (Lipinski definition) is 0. The summed E-state index contributed by atoms with van der Waals surface area (Å²) in [4.78, 5) is 13.4. The molecular formula is C12H9Cl3N2O. The van der Waals surface area contributed by atoms with Crippen LogP contribution in [0.2, 0.25) is 10.0 Å². The zero-order valence-electron chi connectivity index (χ0n) is 9.29. The molecule has 18 heavy (non-hydrogen) atoms. The van der Waals surface area contributed by atoms with E-state index in [9.17, 15) is 4.79 Å². The molecule has 0 aromatic heterocycles. The summed E-state index contributed by atoms with van der Waals surface area (Å²) >= 11 is 17.9. The first-order valence-corrected chi connectivity index (χ1v) is 6.61. The van der Waals surface area contributed by atoms with Crippen LogP contribution in [-0.4, -0.2) is 18.3 Å². The van der Waals surface area contributed by atoms with Crippen molar-refractivity contribution in [2.75, 3.05) is 17.3 Å². The van der Waals surface area contributed by atoms with Gasteiger partial charge in [-0.25, -0.2) is 0 Å². The van der Waals surface area contributed by atoms with E-state index in [0.29, 0.717) is 40.1 Å². The summed E-state index contributed by atoms with van der Waals surface area (Å²) in [5, 5.41) is 9.43. The number of alkyl halides is 1. The number of hydrogen-bond acceptors (Lipinski definition) is 2. The maximum atomic E-state index is 11.9. The van der Waals surface area contributed by atoms with Crippen LogP contribution in [0.15, 0.2) is 12.1 Å². The largest absolute Gasteiger partial charge is 0.309 e. The van der Waals surface area contributed by atoms with Gasteiger partial charge in [0.15, 0.2) is 0 Å². The second-order valence-electron chi connectivity index (χ2n) is 4.13. The number of nitriles is 1. The Hall–Kier alpha value is -0.950. The molecule has 0 radical (unpaired) electrons. The summed E-state index contributed by atoms with van der Waals surface area (Å²) in [6, 6.07) is 4.97. The van der Waals surface area contributed by atoms with Gasteiger partial charge in [0.2, 0.25) is 5.91 Å². The molecule has 1 aromatic rings. The number of halogens is 3. The van der Waals surface area contributed by atoms with E-state index in [1.165, 1.54) is 12.1 Å². The molecule has 0 saturated carbocycles. The minimum absolute atomic E-state index is 0.0471. The normalized spacial score (nSPS) is 19.1. The fraction of sp³-hybridized carbons (Fsp3) is 0.333. The predicted molar refractivity (Wildman–Crippen MR) is 72.4 cm³/mol. The van der Waals surface area contributed by atoms with Crippen molar-refractivity contribution >= 4 is 46.4 Å². The van der Waals surface area contributed by atoms with Crippen molar-refractivity contribution < 1.29 is 4.79 Å². The molecule has 0 spiro atoms. The lowest BCUT2D eigenvalue weighted by molar-refractivity contribution is -0.117. The van der Waals surface area contributed by atoms with Gasteiger partial charge in [0.25, 0.3) is 0 Å². The van der Waals surface area contributed by atoms with Gasteiger partial charge in [-0.2, -0.15) is 5.26 Å². The third kappa shape index (κ3) is 2.42. The first kappa shape index (κ1) is 13.5. The summed E-state index contributed by atoms with van der Waals surface area (Å²) in [7, 11) is 0. The smallest absolute Gasteiger partial charge is 0.227 e. The highest BCUT2D eigenvalue weighted by atomic mass is 35.5. The van der Waals surface area contributed by atoms with E-state index in [1.807, 2.05) is 6.07 Å². The van der Waals surface area contributed by atoms with E-state index in [-0.39, 0.29) is 11.8 Å². The molecule has 0 N–H and O–H groups in total. The average Bonchev–Trinajstić information content (AvgIpc) is 2.70. The fourth-order valence-electron chi connectivity index (χ4n) is 1.99. The molecule has 1 saturated heterocycles. The van der Waals surface area contributed by atoms with E-state index in [1.54, 1.807) is 4.90 Å². The zero-order valence-corrected chi connectivity index (χ0v) is 11.6. The number of carbonyl (C=O) groups is 1. The standard InChI is InChI=1S/C12H9Cl3N2O/c13-4-8-3-11(18)17(6-8)12-9(14)1-7(5-16)2-10(12)15/h1-2,8H,3-4,6H2. The van der Waals surface area contributed by atoms with Crippen molar-refractivity contribution in [3.63, 3.8) is 0 Å². The van der Waals surface area contributed by atoms with E-state index in [2.05, 4.69) is 0 Å². The van der Waals surface area contributed by atoms with Crippen LogP contribution in [0.4, 0.5) is 5.69 Å². The molecule has 1 aliphatic heterocycles. The summed E-state index contributed by atoms with van der Waals surface area (Å²) in [6.07, 6.45) is 0.399. The fourth-order valence-corrected chi connectivity index (χ4v) is 2.89. The van der Waals surface area contributed by atoms with Crippen LogP contribution in [0.5, 0.6) is 0 Å². The van der Waals surface area contributed by atoms with Crippen LogP contribution in [0, 0.1) is 17.2 Å². The third-order valence-corrected chi connectivity index (χ3v) is 3.85. The minimum atomic E-state index is -0.0471. The van der Waals surface area contributed by atoms with Gasteiger partial charge >= 0.3 is 0 Å². The summed E-state index contributed by atoms with van der Waals surface area (Å²) in [5.74, 6) is 0.490. The molecule has 0 aliphatic carbocycles. The summed E-state index contributed by atoms with van der Waals surface area (Å²) < 4.78 is 0. The first-order chi connectivity index (χ1) is 8.56. The highest BCUT2D eigenvalue weighted by Crippen LogP contribution is 2.38. The molecule has 1 aromatic carbocycles. The first-order valence-electron chi connectivity index (χ1n) is 5.32. The van der Waals surface area contributed by atoms with Gasteiger partial charge in [-0.15, -0.1) is 11.6 Å². The van der Waals surface area contributed by atoms with Gasteiger partial charge in [0, 0.05) is 18.8 Å². The van der Waals surface area contributed by atoms with Crippen molar-refractivity contribution in [2.24, 2.45) is 5.92 Å². The highest BCUT2D eigenvalue weighted by molar-refractivity contribution is 6.40. The topological polar surface area (TPSA) is 44.1 Å². The molecule has 3 nitrogen and oxygen atoms in total. The third-order valence-electron chi connectivity index (χ3n) is 2.84. The van der Waals surface area contributed by atoms with Crippen molar-refractivity contribution in [2.45, 2.75) is 6.42 Å². The van der Waals surface area contributed by atoms with Gasteiger partial charge in [0.05, 0.1) is 27.4 Å². The molecule has 0 bridgehead atoms. The molecule has 6 heteroatoms. The Balaban J connectivity index is 2.41. The molecule has 1 unspecified atom stereocenters. The van der Waals surface area contributed by atoms with Crippen molar-refractivity contribution in [1.82, 2.24) is 0 Å². The van der Waals surface area contributed by atoms with Crippen molar-refractivity contribution in [1.29, 1.82) is 5.26 Å². The summed E-state index contributed by atoms with van der Waals surface area (Å²) in [6.45, 7) is 0.508. The Bertz CT molecular complexity index is 516. The molecule has 2 rings (SSSR count). The van der Waals surface area contributed by atoms with Crippen LogP contribution in [0.3, 0.4) is 0 Å². The maximum absolute atomic E-state index is 11.9. The number of amides is 1. The summed E-state index contributed by atoms with van der Waals surface area (Å²) in [5.41, 5.74) is 0.837. The van der Waals surface area contributed by atoms with E-state index < -0.39 is 0 Å². The van der Waals surface area contributed by atoms with Gasteiger partial charge in [-0.3, -0.25) is 4.79 Å². The quantitative estimate of drug-likeness (QED) is 0.785. The number of rotatable bonds is 2. The number of anilines is 1. The maximum Gasteiger partial charge on any atom is 0.227 e. The lowest BCUT2D eigenvalue weighted by Gasteiger charge is -2.19. The number of benzene rings is 1. The molecule has 1 amide bonds. The Morgan fingerprint density at radius 3 is 2.44 bits per heavy atom. The monoisotopic (exact) mass is 302 g/mol. The average molecular weight is 304 g/mol. The number of carbonyl (C=O) groups excluding carboxylic acids is 1. The van der Waals surface area contributed by atoms with Gasteiger partial charge in [0.1, 0.15) is 0 Å². The zero-order chi connectivity index (χ0) is 13.3. The lowest BCUT2D eigenvalue weighted by Crippen LogP contribution is -2.25. The Morgan fingerprint density at radius 2 is 2.00 bits per heavy atom. The lowest BCUT2D eigenvalue weighted by atomic mass is 10.1. The van der Waals surface area contributed by atoms with Gasteiger partial charge in [-0.05, 0) is 18.1 Å². The Kier molecular flexibility index (Phi) is 4.01. The van der Waals surface area contributed by atoms with Crippen LogP contribution in [0.1, 0.15) is 12.0 Å². The Labute approximate surface area is 120 Å². The van der Waals surface area contributed by atoms with Crippen LogP contribution in [-0.2, 0) is 4.79 Å². The molecule has 1 heterocycles. The molecule has 94 valence electrons. The minimum Gasteiger partial charge on any atom is -0.309 e. The van der Waals surface area contributed by atoms with Crippen LogP contribution in [0.25, 0.3) is 0 Å². The van der Waals surface area contributed by atoms with Crippen molar-refractivity contribution in [3.8, 4) is 6.07 Å². The van der Waals surface area contributed by atoms with Crippen LogP contribution >= 0.6 is 34.8 Å². The number of nitrogens with zero attached hydrogens (tertiary/aromatic N) is 2. The Morgan fingerprint density at radius 1 is 1.39 bits per heavy atom. The van der Waals surface area contributed by atoms with E-state index in [0.717, 1.165) is 0 Å². The van der Waals surface area contributed by atoms with E-state index >= 15 is 0 Å². The SMILES string of the molecule is N#Cc1cc(Cl)c(N2CC(CCl)CC2=O)c(Cl)c1.